The Bertz CT molecular complexity index is 842. The summed E-state index contributed by atoms with van der Waals surface area (Å²) < 4.78 is 7.91. The highest BCUT2D eigenvalue weighted by Gasteiger charge is 2.21. The molecule has 1 aromatic carbocycles. The SMILES string of the molecule is Cc1ccc(Oc2nc3ccccn3c2C(=O)O)c(Br)c1. The number of carboxylic acid groups (broad SMARTS) is 1. The molecule has 0 aliphatic heterocycles. The number of imidazole rings is 1. The number of carbonyl (C=O) groups is 1. The van der Waals surface area contributed by atoms with Crippen LogP contribution in [0, 0.1) is 6.92 Å². The Kier molecular flexibility index (Phi) is 3.39. The molecular formula is C15H11BrN2O3. The first-order valence-electron chi connectivity index (χ1n) is 6.20. The van der Waals surface area contributed by atoms with E-state index in [0.29, 0.717) is 11.4 Å². The van der Waals surface area contributed by atoms with Gasteiger partial charge in [0.25, 0.3) is 5.88 Å². The standard InChI is InChI=1S/C15H11BrN2O3/c1-9-5-6-11(10(16)8-9)21-14-13(15(19)20)18-7-3-2-4-12(18)17-14/h2-8H,1H3,(H,19,20). The molecule has 2 aromatic heterocycles. The van der Waals surface area contributed by atoms with Gasteiger partial charge in [-0.3, -0.25) is 4.40 Å². The lowest BCUT2D eigenvalue weighted by molar-refractivity contribution is 0.0686. The van der Waals surface area contributed by atoms with E-state index in [1.54, 1.807) is 30.5 Å². The molecule has 2 heterocycles. The first-order chi connectivity index (χ1) is 10.1. The smallest absolute Gasteiger partial charge is 0.358 e. The van der Waals surface area contributed by atoms with Gasteiger partial charge in [0.05, 0.1) is 4.47 Å². The van der Waals surface area contributed by atoms with Crippen molar-refractivity contribution in [2.45, 2.75) is 6.92 Å². The predicted octanol–water partition coefficient (Wildman–Crippen LogP) is 3.90. The molecule has 3 rings (SSSR count). The fraction of sp³-hybridized carbons (Fsp3) is 0.0667. The monoisotopic (exact) mass is 346 g/mol. The highest BCUT2D eigenvalue weighted by molar-refractivity contribution is 9.10. The molecule has 6 heteroatoms. The van der Waals surface area contributed by atoms with Gasteiger partial charge in [-0.25, -0.2) is 4.79 Å². The van der Waals surface area contributed by atoms with Crippen LogP contribution in [0.4, 0.5) is 0 Å². The van der Waals surface area contributed by atoms with Crippen molar-refractivity contribution < 1.29 is 14.6 Å². The van der Waals surface area contributed by atoms with Crippen molar-refractivity contribution in [3.8, 4) is 11.6 Å². The molecule has 0 fully saturated rings. The summed E-state index contributed by atoms with van der Waals surface area (Å²) in [6.07, 6.45) is 1.64. The van der Waals surface area contributed by atoms with Crippen LogP contribution in [0.3, 0.4) is 0 Å². The third-order valence-electron chi connectivity index (χ3n) is 2.99. The molecule has 0 spiro atoms. The Labute approximate surface area is 128 Å². The number of rotatable bonds is 3. The van der Waals surface area contributed by atoms with Crippen molar-refractivity contribution in [3.05, 3.63) is 58.3 Å². The van der Waals surface area contributed by atoms with Crippen LogP contribution in [-0.2, 0) is 0 Å². The second-order valence-electron chi connectivity index (χ2n) is 4.54. The maximum absolute atomic E-state index is 11.5. The van der Waals surface area contributed by atoms with Crippen molar-refractivity contribution in [2.75, 3.05) is 0 Å². The lowest BCUT2D eigenvalue weighted by atomic mass is 10.2. The Hall–Kier alpha value is -2.34. The second kappa shape index (κ2) is 5.21. The largest absolute Gasteiger partial charge is 0.476 e. The van der Waals surface area contributed by atoms with E-state index in [0.717, 1.165) is 10.0 Å². The van der Waals surface area contributed by atoms with Crippen LogP contribution in [0.2, 0.25) is 0 Å². The lowest BCUT2D eigenvalue weighted by Crippen LogP contribution is -2.03. The number of nitrogens with zero attached hydrogens (tertiary/aromatic N) is 2. The molecule has 0 unspecified atom stereocenters. The van der Waals surface area contributed by atoms with E-state index in [1.807, 2.05) is 19.1 Å². The maximum Gasteiger partial charge on any atom is 0.358 e. The van der Waals surface area contributed by atoms with Crippen LogP contribution in [-0.4, -0.2) is 20.5 Å². The maximum atomic E-state index is 11.5. The fourth-order valence-corrected chi connectivity index (χ4v) is 2.61. The molecular weight excluding hydrogens is 336 g/mol. The number of hydrogen-bond acceptors (Lipinski definition) is 3. The van der Waals surface area contributed by atoms with Crippen LogP contribution < -0.4 is 4.74 Å². The molecule has 0 atom stereocenters. The molecule has 0 saturated heterocycles. The average Bonchev–Trinajstić information content (AvgIpc) is 2.80. The van der Waals surface area contributed by atoms with E-state index in [9.17, 15) is 9.90 Å². The summed E-state index contributed by atoms with van der Waals surface area (Å²) in [6.45, 7) is 1.96. The highest BCUT2D eigenvalue weighted by Crippen LogP contribution is 2.32. The Morgan fingerprint density at radius 3 is 2.86 bits per heavy atom. The zero-order valence-electron chi connectivity index (χ0n) is 11.1. The van der Waals surface area contributed by atoms with Crippen LogP contribution in [0.1, 0.15) is 16.1 Å². The third-order valence-corrected chi connectivity index (χ3v) is 3.61. The van der Waals surface area contributed by atoms with E-state index in [1.165, 1.54) is 4.40 Å². The fourth-order valence-electron chi connectivity index (χ4n) is 2.03. The minimum absolute atomic E-state index is 0.00178. The number of aromatic carboxylic acids is 1. The van der Waals surface area contributed by atoms with Crippen molar-refractivity contribution in [2.24, 2.45) is 0 Å². The molecule has 0 saturated carbocycles. The zero-order chi connectivity index (χ0) is 15.0. The van der Waals surface area contributed by atoms with E-state index in [-0.39, 0.29) is 11.6 Å². The first-order valence-corrected chi connectivity index (χ1v) is 7.00. The van der Waals surface area contributed by atoms with Crippen molar-refractivity contribution in [1.82, 2.24) is 9.38 Å². The van der Waals surface area contributed by atoms with Gasteiger partial charge in [-0.15, -0.1) is 0 Å². The molecule has 3 aromatic rings. The number of ether oxygens (including phenoxy) is 1. The van der Waals surface area contributed by atoms with Gasteiger partial charge in [0, 0.05) is 6.20 Å². The summed E-state index contributed by atoms with van der Waals surface area (Å²) in [5.41, 5.74) is 1.59. The van der Waals surface area contributed by atoms with E-state index in [4.69, 9.17) is 4.74 Å². The van der Waals surface area contributed by atoms with Crippen molar-refractivity contribution >= 4 is 27.5 Å². The summed E-state index contributed by atoms with van der Waals surface area (Å²) in [5.74, 6) is -0.503. The number of fused-ring (bicyclic) bond motifs is 1. The number of aromatic nitrogens is 2. The Balaban J connectivity index is 2.12. The normalized spacial score (nSPS) is 10.8. The number of hydrogen-bond donors (Lipinski definition) is 1. The highest BCUT2D eigenvalue weighted by atomic mass is 79.9. The molecule has 0 aliphatic carbocycles. The third kappa shape index (κ3) is 2.50. The quantitative estimate of drug-likeness (QED) is 0.781. The molecule has 5 nitrogen and oxygen atoms in total. The van der Waals surface area contributed by atoms with Crippen LogP contribution in [0.5, 0.6) is 11.6 Å². The van der Waals surface area contributed by atoms with Crippen LogP contribution in [0.25, 0.3) is 5.65 Å². The average molecular weight is 347 g/mol. The molecule has 0 bridgehead atoms. The molecule has 0 radical (unpaired) electrons. The Morgan fingerprint density at radius 1 is 1.33 bits per heavy atom. The summed E-state index contributed by atoms with van der Waals surface area (Å²) >= 11 is 3.40. The molecule has 0 aliphatic rings. The van der Waals surface area contributed by atoms with Gasteiger partial charge < -0.3 is 9.84 Å². The van der Waals surface area contributed by atoms with Gasteiger partial charge in [-0.2, -0.15) is 4.98 Å². The van der Waals surface area contributed by atoms with Gasteiger partial charge in [-0.1, -0.05) is 12.1 Å². The lowest BCUT2D eigenvalue weighted by Gasteiger charge is -2.06. The number of aryl methyl sites for hydroxylation is 1. The second-order valence-corrected chi connectivity index (χ2v) is 5.39. The molecule has 0 amide bonds. The van der Waals surface area contributed by atoms with Gasteiger partial charge in [-0.05, 0) is 52.7 Å². The molecule has 21 heavy (non-hydrogen) atoms. The summed E-state index contributed by atoms with van der Waals surface area (Å²) in [4.78, 5) is 15.7. The first kappa shape index (κ1) is 13.6. The number of benzene rings is 1. The van der Waals surface area contributed by atoms with Gasteiger partial charge >= 0.3 is 5.97 Å². The minimum Gasteiger partial charge on any atom is -0.476 e. The van der Waals surface area contributed by atoms with Gasteiger partial charge in [0.1, 0.15) is 11.4 Å². The Morgan fingerprint density at radius 2 is 2.14 bits per heavy atom. The summed E-state index contributed by atoms with van der Waals surface area (Å²) in [7, 11) is 0. The van der Waals surface area contributed by atoms with Crippen LogP contribution in [0.15, 0.2) is 47.1 Å². The topological polar surface area (TPSA) is 63.8 Å². The molecule has 106 valence electrons. The van der Waals surface area contributed by atoms with Gasteiger partial charge in [0.15, 0.2) is 5.69 Å². The molecule has 1 N–H and O–H groups in total. The number of halogens is 1. The van der Waals surface area contributed by atoms with E-state index < -0.39 is 5.97 Å². The summed E-state index contributed by atoms with van der Waals surface area (Å²) in [6, 6.07) is 10.8. The van der Waals surface area contributed by atoms with Gasteiger partial charge in [0.2, 0.25) is 0 Å². The van der Waals surface area contributed by atoms with Crippen LogP contribution >= 0.6 is 15.9 Å². The van der Waals surface area contributed by atoms with E-state index in [2.05, 4.69) is 20.9 Å². The number of carboxylic acids is 1. The predicted molar refractivity (Wildman–Crippen MR) is 81.1 cm³/mol. The van der Waals surface area contributed by atoms with E-state index >= 15 is 0 Å². The van der Waals surface area contributed by atoms with Crippen molar-refractivity contribution in [1.29, 1.82) is 0 Å². The minimum atomic E-state index is -1.09. The zero-order valence-corrected chi connectivity index (χ0v) is 12.7. The van der Waals surface area contributed by atoms with Crippen molar-refractivity contribution in [3.63, 3.8) is 0 Å². The summed E-state index contributed by atoms with van der Waals surface area (Å²) in [5, 5.41) is 9.39. The number of pyridine rings is 1.